The van der Waals surface area contributed by atoms with E-state index >= 15 is 0 Å². The predicted molar refractivity (Wildman–Crippen MR) is 60.6 cm³/mol. The van der Waals surface area contributed by atoms with Crippen molar-refractivity contribution in [1.29, 1.82) is 0 Å². The van der Waals surface area contributed by atoms with Crippen molar-refractivity contribution >= 4 is 5.91 Å². The first kappa shape index (κ1) is 10.9. The number of nitrogens with zero attached hydrogens (tertiary/aromatic N) is 1. The first-order valence-electron chi connectivity index (χ1n) is 6.25. The summed E-state index contributed by atoms with van der Waals surface area (Å²) < 4.78 is 0. The lowest BCUT2D eigenvalue weighted by Crippen LogP contribution is -2.53. The second-order valence-corrected chi connectivity index (χ2v) is 5.02. The van der Waals surface area contributed by atoms with Crippen molar-refractivity contribution in [3.05, 3.63) is 0 Å². The Morgan fingerprint density at radius 3 is 2.33 bits per heavy atom. The number of rotatable bonds is 1. The van der Waals surface area contributed by atoms with Gasteiger partial charge in [-0.2, -0.15) is 0 Å². The minimum atomic E-state index is 0.105. The van der Waals surface area contributed by atoms with Crippen LogP contribution in [-0.4, -0.2) is 35.5 Å². The van der Waals surface area contributed by atoms with E-state index in [1.807, 2.05) is 0 Å². The molecule has 86 valence electrons. The van der Waals surface area contributed by atoms with Crippen molar-refractivity contribution < 1.29 is 4.79 Å². The molecular weight excluding hydrogens is 188 g/mol. The summed E-state index contributed by atoms with van der Waals surface area (Å²) in [6.07, 6.45) is 5.78. The van der Waals surface area contributed by atoms with Gasteiger partial charge in [-0.1, -0.05) is 0 Å². The largest absolute Gasteiger partial charge is 0.336 e. The number of piperidine rings is 1. The van der Waals surface area contributed by atoms with Crippen molar-refractivity contribution in [3.8, 4) is 0 Å². The molecule has 0 saturated carbocycles. The fourth-order valence-electron chi connectivity index (χ4n) is 2.93. The van der Waals surface area contributed by atoms with Crippen LogP contribution in [0, 0.1) is 0 Å². The molecule has 0 bridgehead atoms. The zero-order chi connectivity index (χ0) is 10.8. The Morgan fingerprint density at radius 2 is 1.80 bits per heavy atom. The van der Waals surface area contributed by atoms with Crippen LogP contribution in [0.15, 0.2) is 0 Å². The molecule has 0 aromatic carbocycles. The molecule has 15 heavy (non-hydrogen) atoms. The van der Waals surface area contributed by atoms with Crippen LogP contribution >= 0.6 is 0 Å². The average Bonchev–Trinajstić information content (AvgIpc) is 2.69. The standard InChI is InChI=1S/C12H22N2O/c1-9-5-3-6-10(2)14(9)12(15)11-7-4-8-13-11/h9-11,13H,3-8H2,1-2H3/t9-,10+,11-/m0/s1. The van der Waals surface area contributed by atoms with E-state index in [9.17, 15) is 4.79 Å². The highest BCUT2D eigenvalue weighted by molar-refractivity contribution is 5.82. The summed E-state index contributed by atoms with van der Waals surface area (Å²) in [6.45, 7) is 5.37. The SMILES string of the molecule is C[C@@H]1CCC[C@H](C)N1C(=O)[C@@H]1CCCN1. The topological polar surface area (TPSA) is 32.3 Å². The van der Waals surface area contributed by atoms with Crippen LogP contribution in [0.5, 0.6) is 0 Å². The lowest BCUT2D eigenvalue weighted by atomic mass is 9.96. The third-order valence-electron chi connectivity index (χ3n) is 3.81. The fraction of sp³-hybridized carbons (Fsp3) is 0.917. The van der Waals surface area contributed by atoms with Gasteiger partial charge in [0.05, 0.1) is 6.04 Å². The number of carbonyl (C=O) groups is 1. The molecule has 0 radical (unpaired) electrons. The van der Waals surface area contributed by atoms with E-state index in [0.29, 0.717) is 18.0 Å². The number of hydrogen-bond donors (Lipinski definition) is 1. The lowest BCUT2D eigenvalue weighted by molar-refractivity contribution is -0.139. The van der Waals surface area contributed by atoms with E-state index in [1.165, 1.54) is 19.3 Å². The molecule has 1 amide bonds. The summed E-state index contributed by atoms with van der Waals surface area (Å²) >= 11 is 0. The van der Waals surface area contributed by atoms with E-state index < -0.39 is 0 Å². The van der Waals surface area contributed by atoms with Gasteiger partial charge in [-0.05, 0) is 52.5 Å². The third kappa shape index (κ3) is 2.17. The Morgan fingerprint density at radius 1 is 1.13 bits per heavy atom. The van der Waals surface area contributed by atoms with Crippen molar-refractivity contribution in [2.24, 2.45) is 0 Å². The number of carbonyl (C=O) groups excluding carboxylic acids is 1. The third-order valence-corrected chi connectivity index (χ3v) is 3.81. The zero-order valence-corrected chi connectivity index (χ0v) is 9.83. The Bertz CT molecular complexity index is 226. The van der Waals surface area contributed by atoms with Crippen molar-refractivity contribution in [2.75, 3.05) is 6.54 Å². The van der Waals surface area contributed by atoms with Gasteiger partial charge >= 0.3 is 0 Å². The molecule has 0 unspecified atom stereocenters. The van der Waals surface area contributed by atoms with Crippen molar-refractivity contribution in [2.45, 2.75) is 64.1 Å². The van der Waals surface area contributed by atoms with Crippen LogP contribution < -0.4 is 5.32 Å². The van der Waals surface area contributed by atoms with Crippen LogP contribution in [0.3, 0.4) is 0 Å². The monoisotopic (exact) mass is 210 g/mol. The van der Waals surface area contributed by atoms with Gasteiger partial charge in [0, 0.05) is 12.1 Å². The van der Waals surface area contributed by atoms with E-state index in [2.05, 4.69) is 24.1 Å². The van der Waals surface area contributed by atoms with Crippen LogP contribution in [0.2, 0.25) is 0 Å². The van der Waals surface area contributed by atoms with E-state index in [-0.39, 0.29) is 6.04 Å². The lowest BCUT2D eigenvalue weighted by Gasteiger charge is -2.40. The molecule has 0 aliphatic carbocycles. The van der Waals surface area contributed by atoms with Gasteiger partial charge in [-0.25, -0.2) is 0 Å². The minimum absolute atomic E-state index is 0.105. The first-order valence-corrected chi connectivity index (χ1v) is 6.25. The highest BCUT2D eigenvalue weighted by Gasteiger charge is 2.34. The van der Waals surface area contributed by atoms with Gasteiger partial charge < -0.3 is 10.2 Å². The molecule has 0 spiro atoms. The molecule has 2 aliphatic heterocycles. The summed E-state index contributed by atoms with van der Waals surface area (Å²) in [4.78, 5) is 14.4. The zero-order valence-electron chi connectivity index (χ0n) is 9.83. The average molecular weight is 210 g/mol. The molecule has 0 aromatic rings. The maximum Gasteiger partial charge on any atom is 0.240 e. The molecule has 3 nitrogen and oxygen atoms in total. The highest BCUT2D eigenvalue weighted by atomic mass is 16.2. The maximum atomic E-state index is 12.3. The molecule has 2 saturated heterocycles. The molecule has 0 aromatic heterocycles. The molecule has 2 aliphatic rings. The van der Waals surface area contributed by atoms with Crippen molar-refractivity contribution in [3.63, 3.8) is 0 Å². The highest BCUT2D eigenvalue weighted by Crippen LogP contribution is 2.24. The van der Waals surface area contributed by atoms with E-state index in [1.54, 1.807) is 0 Å². The summed E-state index contributed by atoms with van der Waals surface area (Å²) in [6, 6.07) is 0.972. The van der Waals surface area contributed by atoms with Crippen LogP contribution in [-0.2, 0) is 4.79 Å². The summed E-state index contributed by atoms with van der Waals surface area (Å²) in [5.74, 6) is 0.340. The molecule has 2 heterocycles. The van der Waals surface area contributed by atoms with Gasteiger partial charge in [0.25, 0.3) is 0 Å². The van der Waals surface area contributed by atoms with Gasteiger partial charge in [-0.15, -0.1) is 0 Å². The predicted octanol–water partition coefficient (Wildman–Crippen LogP) is 1.53. The second kappa shape index (κ2) is 4.52. The number of amides is 1. The normalized spacial score (nSPS) is 36.9. The molecular formula is C12H22N2O. The van der Waals surface area contributed by atoms with Crippen molar-refractivity contribution in [1.82, 2.24) is 10.2 Å². The van der Waals surface area contributed by atoms with Gasteiger partial charge in [-0.3, -0.25) is 4.79 Å². The van der Waals surface area contributed by atoms with E-state index in [0.717, 1.165) is 19.4 Å². The Kier molecular flexibility index (Phi) is 3.29. The summed E-state index contributed by atoms with van der Waals surface area (Å²) in [5, 5.41) is 3.30. The van der Waals surface area contributed by atoms with Gasteiger partial charge in [0.1, 0.15) is 0 Å². The smallest absolute Gasteiger partial charge is 0.240 e. The van der Waals surface area contributed by atoms with Crippen LogP contribution in [0.4, 0.5) is 0 Å². The summed E-state index contributed by atoms with van der Waals surface area (Å²) in [5.41, 5.74) is 0. The van der Waals surface area contributed by atoms with Gasteiger partial charge in [0.2, 0.25) is 5.91 Å². The number of nitrogens with one attached hydrogen (secondary N) is 1. The molecule has 2 fully saturated rings. The van der Waals surface area contributed by atoms with Gasteiger partial charge in [0.15, 0.2) is 0 Å². The molecule has 3 heteroatoms. The van der Waals surface area contributed by atoms with Crippen LogP contribution in [0.1, 0.15) is 46.0 Å². The molecule has 2 rings (SSSR count). The second-order valence-electron chi connectivity index (χ2n) is 5.02. The minimum Gasteiger partial charge on any atom is -0.336 e. The van der Waals surface area contributed by atoms with Crippen LogP contribution in [0.25, 0.3) is 0 Å². The number of hydrogen-bond acceptors (Lipinski definition) is 2. The Balaban J connectivity index is 2.02. The first-order chi connectivity index (χ1) is 7.20. The fourth-order valence-corrected chi connectivity index (χ4v) is 2.93. The molecule has 1 N–H and O–H groups in total. The Labute approximate surface area is 92.2 Å². The quantitative estimate of drug-likeness (QED) is 0.712. The van der Waals surface area contributed by atoms with E-state index in [4.69, 9.17) is 0 Å². The maximum absolute atomic E-state index is 12.3. The Hall–Kier alpha value is -0.570. The molecule has 3 atom stereocenters. The number of likely N-dealkylation sites (tertiary alicyclic amines) is 1. The summed E-state index contributed by atoms with van der Waals surface area (Å²) in [7, 11) is 0.